The summed E-state index contributed by atoms with van der Waals surface area (Å²) < 4.78 is 0. The smallest absolute Gasteiger partial charge is 0.271 e. The third-order valence-electron chi connectivity index (χ3n) is 3.79. The zero-order valence-electron chi connectivity index (χ0n) is 15.1. The van der Waals surface area contributed by atoms with Crippen LogP contribution in [0.15, 0.2) is 47.8 Å². The highest BCUT2D eigenvalue weighted by atomic mass is 35.5. The molecule has 154 valence electrons. The van der Waals surface area contributed by atoms with Crippen molar-refractivity contribution in [2.45, 2.75) is 0 Å². The van der Waals surface area contributed by atoms with Crippen molar-refractivity contribution in [3.8, 4) is 0 Å². The highest BCUT2D eigenvalue weighted by Crippen LogP contribution is 2.33. The molecule has 0 aliphatic heterocycles. The standard InChI is InChI=1S/C19H13Cl3N4O3S/c20-10-1-4-12(5-2-10)26(18(29)13-6-3-11(21)7-14(13)22)19-25-15(9-30-19)17(28)24-8-16(23)27/h1-7,9H,8H2,(H2,23,27)(H,24,28). The molecule has 3 aromatic rings. The van der Waals surface area contributed by atoms with E-state index in [9.17, 15) is 14.4 Å². The summed E-state index contributed by atoms with van der Waals surface area (Å²) in [6.45, 7) is -0.327. The van der Waals surface area contributed by atoms with Crippen molar-refractivity contribution < 1.29 is 14.4 Å². The lowest BCUT2D eigenvalue weighted by molar-refractivity contribution is -0.117. The van der Waals surface area contributed by atoms with E-state index in [1.165, 1.54) is 22.4 Å². The molecule has 30 heavy (non-hydrogen) atoms. The van der Waals surface area contributed by atoms with E-state index in [-0.39, 0.29) is 28.0 Å². The summed E-state index contributed by atoms with van der Waals surface area (Å²) in [5.74, 6) is -1.75. The van der Waals surface area contributed by atoms with Crippen LogP contribution in [-0.2, 0) is 4.79 Å². The minimum absolute atomic E-state index is 0.0326. The van der Waals surface area contributed by atoms with Crippen LogP contribution >= 0.6 is 46.1 Å². The van der Waals surface area contributed by atoms with Crippen LogP contribution in [0.5, 0.6) is 0 Å². The summed E-state index contributed by atoms with van der Waals surface area (Å²) in [6.07, 6.45) is 0. The van der Waals surface area contributed by atoms with Crippen LogP contribution in [0.3, 0.4) is 0 Å². The van der Waals surface area contributed by atoms with Crippen LogP contribution in [0, 0.1) is 0 Å². The fourth-order valence-corrected chi connectivity index (χ4v) is 3.85. The maximum absolute atomic E-state index is 13.3. The number of anilines is 2. The lowest BCUT2D eigenvalue weighted by Crippen LogP contribution is -2.33. The lowest BCUT2D eigenvalue weighted by Gasteiger charge is -2.21. The zero-order valence-corrected chi connectivity index (χ0v) is 18.1. The Morgan fingerprint density at radius 2 is 1.70 bits per heavy atom. The summed E-state index contributed by atoms with van der Waals surface area (Å²) in [7, 11) is 0. The highest BCUT2D eigenvalue weighted by Gasteiger charge is 2.26. The number of nitrogens with zero attached hydrogens (tertiary/aromatic N) is 2. The van der Waals surface area contributed by atoms with Gasteiger partial charge >= 0.3 is 0 Å². The molecule has 11 heteroatoms. The van der Waals surface area contributed by atoms with Crippen LogP contribution < -0.4 is 16.0 Å². The molecule has 1 aromatic heterocycles. The maximum Gasteiger partial charge on any atom is 0.271 e. The molecule has 3 N–H and O–H groups in total. The van der Waals surface area contributed by atoms with Gasteiger partial charge in [0.25, 0.3) is 11.8 Å². The van der Waals surface area contributed by atoms with Crippen molar-refractivity contribution in [2.75, 3.05) is 11.4 Å². The molecule has 0 unspecified atom stereocenters. The summed E-state index contributed by atoms with van der Waals surface area (Å²) in [5.41, 5.74) is 5.73. The van der Waals surface area contributed by atoms with E-state index < -0.39 is 17.7 Å². The van der Waals surface area contributed by atoms with Gasteiger partial charge in [0.1, 0.15) is 5.69 Å². The van der Waals surface area contributed by atoms with Crippen LogP contribution in [0.2, 0.25) is 15.1 Å². The predicted molar refractivity (Wildman–Crippen MR) is 118 cm³/mol. The normalized spacial score (nSPS) is 10.5. The molecule has 3 rings (SSSR count). The number of nitrogens with two attached hydrogens (primary N) is 1. The van der Waals surface area contributed by atoms with Crippen molar-refractivity contribution in [2.24, 2.45) is 5.73 Å². The Bertz CT molecular complexity index is 1120. The molecule has 0 aliphatic carbocycles. The molecule has 7 nitrogen and oxygen atoms in total. The number of hydrogen-bond acceptors (Lipinski definition) is 5. The second-order valence-electron chi connectivity index (χ2n) is 5.91. The van der Waals surface area contributed by atoms with Gasteiger partial charge in [-0.2, -0.15) is 0 Å². The molecule has 3 amide bonds. The molecular weight excluding hydrogens is 471 g/mol. The fraction of sp³-hybridized carbons (Fsp3) is 0.0526. The molecule has 0 fully saturated rings. The van der Waals surface area contributed by atoms with Gasteiger partial charge in [-0.3, -0.25) is 19.3 Å². The van der Waals surface area contributed by atoms with Crippen molar-refractivity contribution in [1.29, 1.82) is 0 Å². The number of thiazole rings is 1. The summed E-state index contributed by atoms with van der Waals surface area (Å²) in [4.78, 5) is 41.9. The summed E-state index contributed by atoms with van der Waals surface area (Å²) in [5, 5.41) is 5.07. The SMILES string of the molecule is NC(=O)CNC(=O)c1csc(N(C(=O)c2ccc(Cl)cc2Cl)c2ccc(Cl)cc2)n1. The number of amides is 3. The molecule has 2 aromatic carbocycles. The van der Waals surface area contributed by atoms with Gasteiger partial charge in [0.05, 0.1) is 22.8 Å². The van der Waals surface area contributed by atoms with Crippen molar-refractivity contribution >= 4 is 74.7 Å². The van der Waals surface area contributed by atoms with E-state index >= 15 is 0 Å². The summed E-state index contributed by atoms with van der Waals surface area (Å²) in [6, 6.07) is 11.0. The number of rotatable bonds is 6. The van der Waals surface area contributed by atoms with Crippen molar-refractivity contribution in [3.05, 3.63) is 74.2 Å². The molecule has 0 saturated heterocycles. The Morgan fingerprint density at radius 1 is 1.03 bits per heavy atom. The first-order chi connectivity index (χ1) is 14.3. The van der Waals surface area contributed by atoms with Gasteiger partial charge in [0.15, 0.2) is 5.13 Å². The highest BCUT2D eigenvalue weighted by molar-refractivity contribution is 7.14. The Kier molecular flexibility index (Phi) is 6.94. The van der Waals surface area contributed by atoms with E-state index in [1.807, 2.05) is 0 Å². The third-order valence-corrected chi connectivity index (χ3v) is 5.41. The van der Waals surface area contributed by atoms with Crippen molar-refractivity contribution in [1.82, 2.24) is 10.3 Å². The second-order valence-corrected chi connectivity index (χ2v) is 8.02. The maximum atomic E-state index is 13.3. The molecule has 0 bridgehead atoms. The minimum Gasteiger partial charge on any atom is -0.368 e. The van der Waals surface area contributed by atoms with Gasteiger partial charge in [-0.1, -0.05) is 34.8 Å². The predicted octanol–water partition coefficient (Wildman–Crippen LogP) is 4.30. The average molecular weight is 484 g/mol. The molecule has 0 atom stereocenters. The Hall–Kier alpha value is -2.65. The minimum atomic E-state index is -0.686. The van der Waals surface area contributed by atoms with E-state index in [4.69, 9.17) is 40.5 Å². The van der Waals surface area contributed by atoms with E-state index in [1.54, 1.807) is 30.3 Å². The van der Waals surface area contributed by atoms with Crippen LogP contribution in [-0.4, -0.2) is 29.3 Å². The van der Waals surface area contributed by atoms with Crippen molar-refractivity contribution in [3.63, 3.8) is 0 Å². The number of carbonyl (C=O) groups excluding carboxylic acids is 3. The molecule has 0 spiro atoms. The third kappa shape index (κ3) is 5.09. The first-order valence-electron chi connectivity index (χ1n) is 8.33. The van der Waals surface area contributed by atoms with E-state index in [0.717, 1.165) is 11.3 Å². The summed E-state index contributed by atoms with van der Waals surface area (Å²) >= 11 is 19.2. The lowest BCUT2D eigenvalue weighted by atomic mass is 10.2. The first-order valence-corrected chi connectivity index (χ1v) is 10.3. The van der Waals surface area contributed by atoms with Gasteiger partial charge in [-0.15, -0.1) is 11.3 Å². The molecular formula is C19H13Cl3N4O3S. The molecule has 0 aliphatic rings. The van der Waals surface area contributed by atoms with Gasteiger partial charge < -0.3 is 11.1 Å². The largest absolute Gasteiger partial charge is 0.368 e. The van der Waals surface area contributed by atoms with Gasteiger partial charge in [-0.05, 0) is 42.5 Å². The number of aromatic nitrogens is 1. The first kappa shape index (κ1) is 22.0. The van der Waals surface area contributed by atoms with E-state index in [2.05, 4.69) is 10.3 Å². The Balaban J connectivity index is 2.00. The van der Waals surface area contributed by atoms with E-state index in [0.29, 0.717) is 15.7 Å². The fourth-order valence-electron chi connectivity index (χ4n) is 2.42. The van der Waals surface area contributed by atoms with Gasteiger partial charge in [0.2, 0.25) is 5.91 Å². The number of hydrogen-bond donors (Lipinski definition) is 2. The number of primary amides is 1. The molecule has 0 saturated carbocycles. The molecule has 1 heterocycles. The number of halogens is 3. The average Bonchev–Trinajstić information content (AvgIpc) is 3.17. The monoisotopic (exact) mass is 482 g/mol. The molecule has 0 radical (unpaired) electrons. The van der Waals surface area contributed by atoms with Crippen LogP contribution in [0.25, 0.3) is 0 Å². The van der Waals surface area contributed by atoms with Gasteiger partial charge in [-0.25, -0.2) is 4.98 Å². The Labute approximate surface area is 190 Å². The topological polar surface area (TPSA) is 105 Å². The number of benzene rings is 2. The number of nitrogens with one attached hydrogen (secondary N) is 1. The van der Waals surface area contributed by atoms with Gasteiger partial charge in [0, 0.05) is 15.4 Å². The van der Waals surface area contributed by atoms with Crippen LogP contribution in [0.1, 0.15) is 20.8 Å². The van der Waals surface area contributed by atoms with Crippen LogP contribution in [0.4, 0.5) is 10.8 Å². The second kappa shape index (κ2) is 9.44. The zero-order chi connectivity index (χ0) is 21.8. The Morgan fingerprint density at radius 3 is 2.33 bits per heavy atom. The number of carbonyl (C=O) groups is 3. The quantitative estimate of drug-likeness (QED) is 0.545.